The van der Waals surface area contributed by atoms with E-state index in [0.29, 0.717) is 16.1 Å². The molecule has 3 aromatic rings. The number of aromatic nitrogens is 4. The minimum absolute atomic E-state index is 0.569. The zero-order chi connectivity index (χ0) is 12.5. The molecule has 0 saturated heterocycles. The second-order valence-corrected chi connectivity index (χ2v) is 5.09. The van der Waals surface area contributed by atoms with Gasteiger partial charge in [0.25, 0.3) is 0 Å². The number of nitrogens with one attached hydrogen (secondary N) is 1. The van der Waals surface area contributed by atoms with Gasteiger partial charge in [-0.1, -0.05) is 6.07 Å². The van der Waals surface area contributed by atoms with Gasteiger partial charge >= 0.3 is 0 Å². The van der Waals surface area contributed by atoms with Crippen LogP contribution in [0.1, 0.15) is 0 Å². The van der Waals surface area contributed by atoms with Gasteiger partial charge in [0.2, 0.25) is 0 Å². The summed E-state index contributed by atoms with van der Waals surface area (Å²) in [5.41, 5.74) is 2.80. The lowest BCUT2D eigenvalue weighted by molar-refractivity contribution is 0.601. The Morgan fingerprint density at radius 3 is 2.83 bits per heavy atom. The van der Waals surface area contributed by atoms with Crippen molar-refractivity contribution in [1.29, 1.82) is 0 Å². The lowest BCUT2D eigenvalue weighted by Crippen LogP contribution is -2.03. The molecule has 0 amide bonds. The molecule has 0 aliphatic rings. The molecule has 6 heteroatoms. The van der Waals surface area contributed by atoms with E-state index in [-0.39, 0.29) is 0 Å². The first-order valence-electron chi connectivity index (χ1n) is 5.34. The predicted octanol–water partition coefficient (Wildman–Crippen LogP) is 1.76. The third kappa shape index (κ3) is 1.75. The fourth-order valence-corrected chi connectivity index (χ4v) is 2.78. The third-order valence-corrected chi connectivity index (χ3v) is 3.63. The summed E-state index contributed by atoms with van der Waals surface area (Å²) in [6.45, 7) is 0. The molecule has 90 valence electrons. The molecule has 5 nitrogen and oxygen atoms in total. The van der Waals surface area contributed by atoms with Gasteiger partial charge in [-0.2, -0.15) is 0 Å². The molecule has 3 heterocycles. The van der Waals surface area contributed by atoms with Crippen molar-refractivity contribution < 1.29 is 4.55 Å². The van der Waals surface area contributed by atoms with Crippen LogP contribution in [0, 0.1) is 0 Å². The molecule has 0 aromatic carbocycles. The molecule has 1 unspecified atom stereocenters. The average molecular weight is 258 g/mol. The van der Waals surface area contributed by atoms with E-state index in [1.54, 1.807) is 25.0 Å². The maximum Gasteiger partial charge on any atom is 0.190 e. The molecule has 0 spiro atoms. The van der Waals surface area contributed by atoms with Crippen LogP contribution in [0.15, 0.2) is 41.8 Å². The highest BCUT2D eigenvalue weighted by atomic mass is 32.2. The van der Waals surface area contributed by atoms with Crippen molar-refractivity contribution in [2.75, 3.05) is 6.26 Å². The van der Waals surface area contributed by atoms with Crippen molar-refractivity contribution in [3.05, 3.63) is 36.9 Å². The van der Waals surface area contributed by atoms with Crippen LogP contribution in [-0.4, -0.2) is 30.7 Å². The van der Waals surface area contributed by atoms with Crippen LogP contribution >= 0.6 is 0 Å². The van der Waals surface area contributed by atoms with Gasteiger partial charge in [-0.15, -0.1) is 0 Å². The highest BCUT2D eigenvalue weighted by Gasteiger charge is 2.20. The molecule has 0 aliphatic carbocycles. The molecular weight excluding hydrogens is 248 g/mol. The molecule has 0 aliphatic heterocycles. The van der Waals surface area contributed by atoms with Crippen LogP contribution in [0.25, 0.3) is 22.4 Å². The van der Waals surface area contributed by atoms with Gasteiger partial charge in [0.1, 0.15) is 11.8 Å². The Labute approximate surface area is 106 Å². The summed E-state index contributed by atoms with van der Waals surface area (Å²) in [7, 11) is 0. The van der Waals surface area contributed by atoms with Gasteiger partial charge in [-0.25, -0.2) is 9.97 Å². The Bertz CT molecular complexity index is 681. The van der Waals surface area contributed by atoms with Crippen molar-refractivity contribution in [2.45, 2.75) is 4.90 Å². The molecule has 1 N–H and O–H groups in total. The Morgan fingerprint density at radius 2 is 2.11 bits per heavy atom. The van der Waals surface area contributed by atoms with Crippen molar-refractivity contribution in [3.63, 3.8) is 0 Å². The molecule has 0 bridgehead atoms. The lowest BCUT2D eigenvalue weighted by atomic mass is 10.2. The van der Waals surface area contributed by atoms with Crippen LogP contribution in [-0.2, 0) is 11.2 Å². The normalized spacial score (nSPS) is 12.8. The van der Waals surface area contributed by atoms with E-state index in [2.05, 4.69) is 19.9 Å². The minimum Gasteiger partial charge on any atom is -0.612 e. The molecule has 0 saturated carbocycles. The molecular formula is C12H10N4OS. The van der Waals surface area contributed by atoms with Crippen LogP contribution < -0.4 is 0 Å². The quantitative estimate of drug-likeness (QED) is 0.710. The van der Waals surface area contributed by atoms with Crippen LogP contribution in [0.4, 0.5) is 0 Å². The molecule has 0 fully saturated rings. The van der Waals surface area contributed by atoms with Gasteiger partial charge in [0, 0.05) is 12.4 Å². The molecule has 1 atom stereocenters. The van der Waals surface area contributed by atoms with Gasteiger partial charge in [-0.3, -0.25) is 4.98 Å². The summed E-state index contributed by atoms with van der Waals surface area (Å²) in [6.07, 6.45) is 6.56. The Kier molecular flexibility index (Phi) is 2.73. The molecule has 3 rings (SSSR count). The first-order chi connectivity index (χ1) is 8.77. The smallest absolute Gasteiger partial charge is 0.190 e. The van der Waals surface area contributed by atoms with E-state index in [4.69, 9.17) is 0 Å². The maximum atomic E-state index is 12.0. The zero-order valence-corrected chi connectivity index (χ0v) is 10.4. The van der Waals surface area contributed by atoms with Gasteiger partial charge in [0.05, 0.1) is 17.6 Å². The zero-order valence-electron chi connectivity index (χ0n) is 9.62. The molecule has 3 aromatic heterocycles. The number of rotatable bonds is 2. The van der Waals surface area contributed by atoms with E-state index in [9.17, 15) is 4.55 Å². The van der Waals surface area contributed by atoms with Gasteiger partial charge in [-0.05, 0) is 23.3 Å². The number of hydrogen-bond donors (Lipinski definition) is 1. The number of fused-ring (bicyclic) bond motifs is 1. The van der Waals surface area contributed by atoms with E-state index in [1.807, 2.05) is 18.2 Å². The number of H-pyrrole nitrogens is 1. The number of imidazole rings is 1. The summed E-state index contributed by atoms with van der Waals surface area (Å²) in [4.78, 5) is 16.3. The largest absolute Gasteiger partial charge is 0.612 e. The maximum absolute atomic E-state index is 12.0. The van der Waals surface area contributed by atoms with E-state index in [1.165, 1.54) is 0 Å². The fraction of sp³-hybridized carbons (Fsp3) is 0.0833. The third-order valence-electron chi connectivity index (χ3n) is 2.64. The summed E-state index contributed by atoms with van der Waals surface area (Å²) in [6, 6.07) is 5.60. The average Bonchev–Trinajstić information content (AvgIpc) is 2.86. The van der Waals surface area contributed by atoms with Crippen LogP contribution in [0.2, 0.25) is 0 Å². The van der Waals surface area contributed by atoms with Crippen molar-refractivity contribution in [3.8, 4) is 11.3 Å². The predicted molar refractivity (Wildman–Crippen MR) is 69.5 cm³/mol. The Morgan fingerprint density at radius 1 is 1.22 bits per heavy atom. The second kappa shape index (κ2) is 4.40. The second-order valence-electron chi connectivity index (χ2n) is 3.77. The number of hydrogen-bond acceptors (Lipinski definition) is 4. The fourth-order valence-electron chi connectivity index (χ4n) is 1.87. The number of pyridine rings is 2. The summed E-state index contributed by atoms with van der Waals surface area (Å²) in [5, 5.41) is 0. The SMILES string of the molecule is C[S+]([O-])c1c(-c2ccccn2)cnc2nc[nH]c12. The van der Waals surface area contributed by atoms with Crippen LogP contribution in [0.5, 0.6) is 0 Å². The Balaban J connectivity index is 2.32. The Hall–Kier alpha value is -1.92. The monoisotopic (exact) mass is 258 g/mol. The highest BCUT2D eigenvalue weighted by molar-refractivity contribution is 7.91. The van der Waals surface area contributed by atoms with Crippen LogP contribution in [0.3, 0.4) is 0 Å². The van der Waals surface area contributed by atoms with Crippen molar-refractivity contribution >= 4 is 22.3 Å². The first-order valence-corrected chi connectivity index (χ1v) is 6.90. The van der Waals surface area contributed by atoms with Crippen molar-refractivity contribution in [1.82, 2.24) is 19.9 Å². The standard InChI is InChI=1S/C12H10N4OS/c1-18(17)11-8(9-4-2-3-5-13-9)6-14-12-10(11)15-7-16-12/h2-7H,1H3,(H,14,15,16). The van der Waals surface area contributed by atoms with Gasteiger partial charge in [0.15, 0.2) is 10.5 Å². The van der Waals surface area contributed by atoms with Gasteiger partial charge < -0.3 is 9.54 Å². The molecule has 0 radical (unpaired) electrons. The summed E-state index contributed by atoms with van der Waals surface area (Å²) < 4.78 is 12.0. The van der Waals surface area contributed by atoms with E-state index in [0.717, 1.165) is 11.3 Å². The summed E-state index contributed by atoms with van der Waals surface area (Å²) >= 11 is -1.15. The lowest BCUT2D eigenvalue weighted by Gasteiger charge is -2.10. The summed E-state index contributed by atoms with van der Waals surface area (Å²) in [5.74, 6) is 0. The first kappa shape index (κ1) is 11.2. The topological polar surface area (TPSA) is 77.5 Å². The van der Waals surface area contributed by atoms with Crippen molar-refractivity contribution in [2.24, 2.45) is 0 Å². The molecule has 18 heavy (non-hydrogen) atoms. The van der Waals surface area contributed by atoms with E-state index < -0.39 is 11.2 Å². The number of nitrogens with zero attached hydrogens (tertiary/aromatic N) is 3. The minimum atomic E-state index is -1.15. The van der Waals surface area contributed by atoms with E-state index >= 15 is 0 Å². The highest BCUT2D eigenvalue weighted by Crippen LogP contribution is 2.29. The number of aromatic amines is 1.